The number of sulfone groups is 1. The minimum absolute atomic E-state index is 0.0327. The molecule has 1 N–H and O–H groups in total. The van der Waals surface area contributed by atoms with Crippen LogP contribution in [0.5, 0.6) is 0 Å². The summed E-state index contributed by atoms with van der Waals surface area (Å²) in [5.74, 6) is -0.242. The van der Waals surface area contributed by atoms with Crippen LogP contribution in [0.3, 0.4) is 0 Å². The topological polar surface area (TPSA) is 97.4 Å². The standard InChI is InChI=1S/C25H33NO5S2/c1-25(2,3)32(28,29)18-19-12-14-21(15-13-19)24(27)17-20-8-7-11-23(16-20)33(30,31)26-22-9-5-4-6-10-22/h7-8,11-16,22,26H,4-6,9-10,17-18H2,1-3H3. The average Bonchev–Trinajstić information content (AvgIpc) is 2.74. The van der Waals surface area contributed by atoms with Crippen molar-refractivity contribution in [3.05, 3.63) is 65.2 Å². The summed E-state index contributed by atoms with van der Waals surface area (Å²) < 4.78 is 52.3. The van der Waals surface area contributed by atoms with E-state index < -0.39 is 24.6 Å². The van der Waals surface area contributed by atoms with Gasteiger partial charge in [0.15, 0.2) is 15.6 Å². The first-order valence-corrected chi connectivity index (χ1v) is 14.5. The molecule has 0 unspecified atom stereocenters. The maximum Gasteiger partial charge on any atom is 0.240 e. The minimum Gasteiger partial charge on any atom is -0.294 e. The number of ketones is 1. The van der Waals surface area contributed by atoms with E-state index in [1.165, 1.54) is 0 Å². The maximum atomic E-state index is 12.8. The Kier molecular flexibility index (Phi) is 7.81. The molecule has 1 saturated carbocycles. The van der Waals surface area contributed by atoms with Crippen LogP contribution in [-0.2, 0) is 32.0 Å². The van der Waals surface area contributed by atoms with Crippen molar-refractivity contribution in [1.82, 2.24) is 4.72 Å². The predicted molar refractivity (Wildman–Crippen MR) is 130 cm³/mol. The molecule has 0 spiro atoms. The van der Waals surface area contributed by atoms with Crippen molar-refractivity contribution < 1.29 is 21.6 Å². The molecule has 0 atom stereocenters. The number of benzene rings is 2. The van der Waals surface area contributed by atoms with Gasteiger partial charge in [-0.1, -0.05) is 55.7 Å². The number of Topliss-reactive ketones (excluding diaryl/α,β-unsaturated/α-hetero) is 1. The SMILES string of the molecule is CC(C)(C)S(=O)(=O)Cc1ccc(C(=O)Cc2cccc(S(=O)(=O)NC3CCCCC3)c2)cc1. The van der Waals surface area contributed by atoms with Crippen LogP contribution in [0.1, 0.15) is 74.4 Å². The molecule has 0 aliphatic heterocycles. The highest BCUT2D eigenvalue weighted by atomic mass is 32.2. The largest absolute Gasteiger partial charge is 0.294 e. The van der Waals surface area contributed by atoms with Gasteiger partial charge in [0.05, 0.1) is 15.4 Å². The van der Waals surface area contributed by atoms with Gasteiger partial charge in [-0.15, -0.1) is 0 Å². The van der Waals surface area contributed by atoms with E-state index in [0.29, 0.717) is 16.7 Å². The van der Waals surface area contributed by atoms with E-state index in [2.05, 4.69) is 4.72 Å². The molecule has 33 heavy (non-hydrogen) atoms. The van der Waals surface area contributed by atoms with Crippen LogP contribution in [0, 0.1) is 0 Å². The van der Waals surface area contributed by atoms with Crippen molar-refractivity contribution in [2.75, 3.05) is 0 Å². The second kappa shape index (κ2) is 10.1. The molecule has 1 fully saturated rings. The zero-order valence-electron chi connectivity index (χ0n) is 19.5. The van der Waals surface area contributed by atoms with Crippen LogP contribution >= 0.6 is 0 Å². The second-order valence-electron chi connectivity index (χ2n) is 9.77. The van der Waals surface area contributed by atoms with E-state index in [4.69, 9.17) is 0 Å². The molecule has 2 aromatic carbocycles. The van der Waals surface area contributed by atoms with E-state index in [0.717, 1.165) is 32.1 Å². The first kappa shape index (κ1) is 25.6. The van der Waals surface area contributed by atoms with Gasteiger partial charge in [-0.25, -0.2) is 21.6 Å². The van der Waals surface area contributed by atoms with E-state index in [-0.39, 0.29) is 28.9 Å². The lowest BCUT2D eigenvalue weighted by Gasteiger charge is -2.22. The monoisotopic (exact) mass is 491 g/mol. The summed E-state index contributed by atoms with van der Waals surface area (Å²) in [7, 11) is -6.95. The van der Waals surface area contributed by atoms with Gasteiger partial charge in [-0.05, 0) is 56.9 Å². The van der Waals surface area contributed by atoms with E-state index in [1.54, 1.807) is 69.3 Å². The third-order valence-corrected chi connectivity index (χ3v) is 10.2. The van der Waals surface area contributed by atoms with Crippen LogP contribution < -0.4 is 4.72 Å². The van der Waals surface area contributed by atoms with Gasteiger partial charge in [-0.2, -0.15) is 0 Å². The van der Waals surface area contributed by atoms with Crippen LogP contribution in [-0.4, -0.2) is 33.4 Å². The molecule has 3 rings (SSSR count). The van der Waals surface area contributed by atoms with Crippen LogP contribution in [0.25, 0.3) is 0 Å². The normalized spacial score (nSPS) is 16.0. The van der Waals surface area contributed by atoms with E-state index in [1.807, 2.05) is 0 Å². The third kappa shape index (κ3) is 6.74. The Morgan fingerprint density at radius 2 is 1.55 bits per heavy atom. The molecule has 180 valence electrons. The summed E-state index contributed by atoms with van der Waals surface area (Å²) >= 11 is 0. The van der Waals surface area contributed by atoms with E-state index >= 15 is 0 Å². The lowest BCUT2D eigenvalue weighted by atomic mass is 9.96. The predicted octanol–water partition coefficient (Wildman–Crippen LogP) is 4.44. The van der Waals surface area contributed by atoms with Crippen LogP contribution in [0.15, 0.2) is 53.4 Å². The lowest BCUT2D eigenvalue weighted by Crippen LogP contribution is -2.36. The first-order valence-electron chi connectivity index (χ1n) is 11.3. The Labute approximate surface area is 197 Å². The molecule has 6 nitrogen and oxygen atoms in total. The average molecular weight is 492 g/mol. The summed E-state index contributed by atoms with van der Waals surface area (Å²) in [6, 6.07) is 13.0. The number of nitrogens with one attached hydrogen (secondary N) is 1. The third-order valence-electron chi connectivity index (χ3n) is 6.07. The quantitative estimate of drug-likeness (QED) is 0.551. The van der Waals surface area contributed by atoms with Gasteiger partial charge in [0.2, 0.25) is 10.0 Å². The fourth-order valence-electron chi connectivity index (χ4n) is 3.84. The Balaban J connectivity index is 1.68. The Hall–Kier alpha value is -2.03. The minimum atomic E-state index is -3.64. The van der Waals surface area contributed by atoms with Gasteiger partial charge >= 0.3 is 0 Å². The van der Waals surface area contributed by atoms with Crippen LogP contribution in [0.4, 0.5) is 0 Å². The first-order chi connectivity index (χ1) is 15.4. The number of carbonyl (C=O) groups excluding carboxylic acids is 1. The van der Waals surface area contributed by atoms with Crippen molar-refractivity contribution >= 4 is 25.6 Å². The molecular weight excluding hydrogens is 458 g/mol. The van der Waals surface area contributed by atoms with Crippen molar-refractivity contribution in [3.8, 4) is 0 Å². The molecule has 0 radical (unpaired) electrons. The zero-order chi connectivity index (χ0) is 24.3. The number of hydrogen-bond acceptors (Lipinski definition) is 5. The molecule has 0 bridgehead atoms. The Bertz CT molecular complexity index is 1190. The van der Waals surface area contributed by atoms with Crippen molar-refractivity contribution in [2.45, 2.75) is 80.7 Å². The molecule has 1 aliphatic carbocycles. The van der Waals surface area contributed by atoms with Gasteiger partial charge < -0.3 is 0 Å². The molecular formula is C25H33NO5S2. The number of hydrogen-bond donors (Lipinski definition) is 1. The smallest absolute Gasteiger partial charge is 0.240 e. The van der Waals surface area contributed by atoms with Gasteiger partial charge in [-0.3, -0.25) is 4.79 Å². The van der Waals surface area contributed by atoms with Crippen molar-refractivity contribution in [1.29, 1.82) is 0 Å². The second-order valence-corrected chi connectivity index (χ2v) is 14.2. The summed E-state index contributed by atoms with van der Waals surface area (Å²) in [4.78, 5) is 12.9. The summed E-state index contributed by atoms with van der Waals surface area (Å²) in [5, 5.41) is 0. The summed E-state index contributed by atoms with van der Waals surface area (Å²) in [5.41, 5.74) is 1.70. The zero-order valence-corrected chi connectivity index (χ0v) is 21.1. The van der Waals surface area contributed by atoms with Crippen molar-refractivity contribution in [2.24, 2.45) is 0 Å². The highest BCUT2D eigenvalue weighted by molar-refractivity contribution is 7.92. The molecule has 0 amide bonds. The molecule has 0 heterocycles. The number of rotatable bonds is 8. The summed E-state index contributed by atoms with van der Waals surface area (Å²) in [6.45, 7) is 5.00. The fraction of sp³-hybridized carbons (Fsp3) is 0.480. The molecule has 0 saturated heterocycles. The van der Waals surface area contributed by atoms with Gasteiger partial charge in [0, 0.05) is 18.0 Å². The van der Waals surface area contributed by atoms with Gasteiger partial charge in [0.25, 0.3) is 0 Å². The molecule has 8 heteroatoms. The van der Waals surface area contributed by atoms with Crippen molar-refractivity contribution in [3.63, 3.8) is 0 Å². The van der Waals surface area contributed by atoms with Gasteiger partial charge in [0.1, 0.15) is 0 Å². The molecule has 2 aromatic rings. The molecule has 1 aliphatic rings. The molecule has 0 aromatic heterocycles. The van der Waals surface area contributed by atoms with E-state index in [9.17, 15) is 21.6 Å². The maximum absolute atomic E-state index is 12.8. The number of sulfonamides is 1. The Morgan fingerprint density at radius 1 is 0.909 bits per heavy atom. The summed E-state index contributed by atoms with van der Waals surface area (Å²) in [6.07, 6.45) is 4.97. The fourth-order valence-corrected chi connectivity index (χ4v) is 6.28. The highest BCUT2D eigenvalue weighted by Gasteiger charge is 2.29. The lowest BCUT2D eigenvalue weighted by molar-refractivity contribution is 0.0993. The Morgan fingerprint density at radius 3 is 2.15 bits per heavy atom. The number of carbonyl (C=O) groups is 1. The van der Waals surface area contributed by atoms with Crippen LogP contribution in [0.2, 0.25) is 0 Å². The highest BCUT2D eigenvalue weighted by Crippen LogP contribution is 2.22.